The monoisotopic (exact) mass is 615 g/mol. The lowest BCUT2D eigenvalue weighted by Gasteiger charge is -2.32. The maximum atomic E-state index is 13.5. The summed E-state index contributed by atoms with van der Waals surface area (Å²) in [5, 5.41) is 2.50. The second-order valence-electron chi connectivity index (χ2n) is 8.47. The van der Waals surface area contributed by atoms with E-state index in [0.29, 0.717) is 28.9 Å². The van der Waals surface area contributed by atoms with Crippen LogP contribution in [0.4, 0.5) is 18.9 Å². The Morgan fingerprint density at radius 3 is 2.18 bits per heavy atom. The minimum Gasteiger partial charge on any atom is -0.354 e. The number of hydrogen-bond acceptors (Lipinski definition) is 4. The molecule has 38 heavy (non-hydrogen) atoms. The summed E-state index contributed by atoms with van der Waals surface area (Å²) in [7, 11) is -4.25. The molecule has 0 saturated carbocycles. The molecule has 0 radical (unpaired) electrons. The summed E-state index contributed by atoms with van der Waals surface area (Å²) in [6.07, 6.45) is -2.60. The van der Waals surface area contributed by atoms with Gasteiger partial charge in [-0.25, -0.2) is 8.42 Å². The Kier molecular flexibility index (Phi) is 11.1. The molecule has 0 bridgehead atoms. The number of carbonyl (C=O) groups is 2. The molecular weight excluding hydrogens is 590 g/mol. The number of benzene rings is 2. The average Bonchev–Trinajstić information content (AvgIpc) is 2.81. The number of unbranched alkanes of at least 4 members (excludes halogenated alkanes) is 1. The first-order chi connectivity index (χ1) is 17.6. The van der Waals surface area contributed by atoms with Crippen LogP contribution >= 0.6 is 34.8 Å². The maximum Gasteiger partial charge on any atom is 0.417 e. The van der Waals surface area contributed by atoms with Crippen LogP contribution in [0.25, 0.3) is 0 Å². The van der Waals surface area contributed by atoms with Crippen molar-refractivity contribution < 1.29 is 31.2 Å². The van der Waals surface area contributed by atoms with Crippen molar-refractivity contribution in [3.63, 3.8) is 0 Å². The highest BCUT2D eigenvalue weighted by Crippen LogP contribution is 2.37. The standard InChI is InChI=1S/C24H27Cl3F3N3O4S/c1-4-5-11-31-23(35)15(2)32(13-17-19(25)7-6-8-20(17)26)22(34)14-33(38(3,36)37)16-9-10-21(27)18(12-16)24(28,29)30/h6-10,12,15H,4-5,11,13-14H2,1-3H3,(H,31,35)/t15-/m0/s1. The number of hydrogen-bond donors (Lipinski definition) is 1. The van der Waals surface area contributed by atoms with Crippen LogP contribution in [0, 0.1) is 0 Å². The van der Waals surface area contributed by atoms with E-state index in [2.05, 4.69) is 5.32 Å². The molecule has 210 valence electrons. The molecule has 1 atom stereocenters. The van der Waals surface area contributed by atoms with Crippen molar-refractivity contribution in [2.24, 2.45) is 0 Å². The maximum absolute atomic E-state index is 13.5. The van der Waals surface area contributed by atoms with E-state index in [9.17, 15) is 31.2 Å². The average molecular weight is 617 g/mol. The van der Waals surface area contributed by atoms with Crippen LogP contribution in [0.3, 0.4) is 0 Å². The minimum absolute atomic E-state index is 0.210. The van der Waals surface area contributed by atoms with E-state index in [4.69, 9.17) is 34.8 Å². The zero-order valence-corrected chi connectivity index (χ0v) is 23.9. The first-order valence-electron chi connectivity index (χ1n) is 11.4. The third-order valence-electron chi connectivity index (χ3n) is 5.61. The molecule has 0 aromatic heterocycles. The summed E-state index contributed by atoms with van der Waals surface area (Å²) in [5.41, 5.74) is -1.37. The third-order valence-corrected chi connectivity index (χ3v) is 7.79. The molecule has 2 aromatic rings. The lowest BCUT2D eigenvalue weighted by Crippen LogP contribution is -2.51. The number of amides is 2. The van der Waals surface area contributed by atoms with E-state index >= 15 is 0 Å². The molecule has 2 amide bonds. The van der Waals surface area contributed by atoms with Gasteiger partial charge < -0.3 is 10.2 Å². The van der Waals surface area contributed by atoms with Gasteiger partial charge in [-0.15, -0.1) is 0 Å². The van der Waals surface area contributed by atoms with Gasteiger partial charge in [0.2, 0.25) is 21.8 Å². The largest absolute Gasteiger partial charge is 0.417 e. The molecule has 0 spiro atoms. The Hall–Kier alpha value is -2.21. The minimum atomic E-state index is -4.86. The number of rotatable bonds is 11. The van der Waals surface area contributed by atoms with E-state index in [-0.39, 0.29) is 16.6 Å². The van der Waals surface area contributed by atoms with Crippen LogP contribution in [-0.4, -0.2) is 50.5 Å². The lowest BCUT2D eigenvalue weighted by atomic mass is 10.1. The van der Waals surface area contributed by atoms with E-state index in [0.717, 1.165) is 29.7 Å². The van der Waals surface area contributed by atoms with Crippen molar-refractivity contribution in [3.8, 4) is 0 Å². The van der Waals surface area contributed by atoms with Crippen molar-refractivity contribution in [2.45, 2.75) is 45.5 Å². The SMILES string of the molecule is CCCCNC(=O)[C@H](C)N(Cc1c(Cl)cccc1Cl)C(=O)CN(c1ccc(Cl)c(C(F)(F)F)c1)S(C)(=O)=O. The summed E-state index contributed by atoms with van der Waals surface area (Å²) in [6.45, 7) is 2.58. The second kappa shape index (κ2) is 13.2. The predicted octanol–water partition coefficient (Wildman–Crippen LogP) is 5.77. The van der Waals surface area contributed by atoms with Gasteiger partial charge in [0.05, 0.1) is 22.5 Å². The number of alkyl halides is 3. The van der Waals surface area contributed by atoms with Crippen LogP contribution in [0.2, 0.25) is 15.1 Å². The molecule has 1 N–H and O–H groups in total. The summed E-state index contributed by atoms with van der Waals surface area (Å²) in [5.74, 6) is -1.38. The second-order valence-corrected chi connectivity index (χ2v) is 11.6. The Morgan fingerprint density at radius 1 is 1.05 bits per heavy atom. The molecule has 0 aliphatic heterocycles. The van der Waals surface area contributed by atoms with Gasteiger partial charge >= 0.3 is 6.18 Å². The van der Waals surface area contributed by atoms with Crippen LogP contribution in [0.15, 0.2) is 36.4 Å². The van der Waals surface area contributed by atoms with E-state index in [1.54, 1.807) is 6.07 Å². The zero-order valence-electron chi connectivity index (χ0n) is 20.8. The number of nitrogens with zero attached hydrogens (tertiary/aromatic N) is 2. The molecule has 2 rings (SSSR count). The normalized spacial score (nSPS) is 12.7. The smallest absolute Gasteiger partial charge is 0.354 e. The Morgan fingerprint density at radius 2 is 1.66 bits per heavy atom. The van der Waals surface area contributed by atoms with Crippen molar-refractivity contribution in [2.75, 3.05) is 23.7 Å². The summed E-state index contributed by atoms with van der Waals surface area (Å²) < 4.78 is 66.0. The van der Waals surface area contributed by atoms with E-state index in [1.165, 1.54) is 19.1 Å². The van der Waals surface area contributed by atoms with Gasteiger partial charge in [0.1, 0.15) is 12.6 Å². The first kappa shape index (κ1) is 32.0. The van der Waals surface area contributed by atoms with E-state index in [1.807, 2.05) is 6.92 Å². The zero-order chi connectivity index (χ0) is 28.8. The number of sulfonamides is 1. The Bertz CT molecular complexity index is 1260. The first-order valence-corrected chi connectivity index (χ1v) is 14.4. The van der Waals surface area contributed by atoms with Crippen LogP contribution < -0.4 is 9.62 Å². The van der Waals surface area contributed by atoms with Gasteiger partial charge in [0, 0.05) is 28.7 Å². The quantitative estimate of drug-likeness (QED) is 0.325. The molecule has 7 nitrogen and oxygen atoms in total. The van der Waals surface area contributed by atoms with Crippen molar-refractivity contribution in [1.82, 2.24) is 10.2 Å². The van der Waals surface area contributed by atoms with Crippen molar-refractivity contribution in [3.05, 3.63) is 62.6 Å². The highest BCUT2D eigenvalue weighted by Gasteiger charge is 2.35. The number of halogens is 6. The summed E-state index contributed by atoms with van der Waals surface area (Å²) in [6, 6.07) is 6.07. The predicted molar refractivity (Wildman–Crippen MR) is 143 cm³/mol. The molecule has 0 aliphatic carbocycles. The Balaban J connectivity index is 2.50. The molecule has 0 aliphatic rings. The van der Waals surface area contributed by atoms with Crippen LogP contribution in [0.1, 0.15) is 37.8 Å². The van der Waals surface area contributed by atoms with Crippen LogP contribution in [-0.2, 0) is 32.3 Å². The summed E-state index contributed by atoms with van der Waals surface area (Å²) >= 11 is 18.2. The van der Waals surface area contributed by atoms with Gasteiger partial charge in [-0.2, -0.15) is 13.2 Å². The van der Waals surface area contributed by atoms with E-state index < -0.39 is 56.9 Å². The topological polar surface area (TPSA) is 86.8 Å². The van der Waals surface area contributed by atoms with Gasteiger partial charge in [-0.05, 0) is 43.7 Å². The van der Waals surface area contributed by atoms with Gasteiger partial charge in [0.25, 0.3) is 0 Å². The molecular formula is C24H27Cl3F3N3O4S. The van der Waals surface area contributed by atoms with Crippen molar-refractivity contribution >= 4 is 62.3 Å². The van der Waals surface area contributed by atoms with Crippen LogP contribution in [0.5, 0.6) is 0 Å². The lowest BCUT2D eigenvalue weighted by molar-refractivity contribution is -0.139. The molecule has 0 heterocycles. The van der Waals surface area contributed by atoms with Gasteiger partial charge in [0.15, 0.2) is 0 Å². The molecule has 0 fully saturated rings. The van der Waals surface area contributed by atoms with Gasteiger partial charge in [-0.3, -0.25) is 13.9 Å². The Labute approximate surface area is 234 Å². The fraction of sp³-hybridized carbons (Fsp3) is 0.417. The molecule has 14 heteroatoms. The fourth-order valence-corrected chi connectivity index (χ4v) is 5.05. The molecule has 2 aromatic carbocycles. The highest BCUT2D eigenvalue weighted by atomic mass is 35.5. The summed E-state index contributed by atoms with van der Waals surface area (Å²) in [4.78, 5) is 27.4. The molecule has 0 saturated heterocycles. The third kappa shape index (κ3) is 8.39. The van der Waals surface area contributed by atoms with Crippen molar-refractivity contribution in [1.29, 1.82) is 0 Å². The number of anilines is 1. The number of carbonyl (C=O) groups excluding carboxylic acids is 2. The number of nitrogens with one attached hydrogen (secondary N) is 1. The fourth-order valence-electron chi connectivity index (χ4n) is 3.47. The van der Waals surface area contributed by atoms with Gasteiger partial charge in [-0.1, -0.05) is 54.2 Å². The molecule has 0 unspecified atom stereocenters. The highest BCUT2D eigenvalue weighted by molar-refractivity contribution is 7.92.